The number of benzene rings is 9. The molecule has 5 nitrogen and oxygen atoms in total. The highest BCUT2D eigenvalue weighted by atomic mass is 15.3. The van der Waals surface area contributed by atoms with E-state index in [4.69, 9.17) is 15.0 Å². The van der Waals surface area contributed by atoms with Crippen molar-refractivity contribution in [1.82, 2.24) is 24.1 Å². The summed E-state index contributed by atoms with van der Waals surface area (Å²) >= 11 is 0. The van der Waals surface area contributed by atoms with Crippen molar-refractivity contribution in [2.45, 2.75) is 0 Å². The summed E-state index contributed by atoms with van der Waals surface area (Å²) in [6.07, 6.45) is 0. The molecule has 3 heterocycles. The molecule has 9 aromatic carbocycles. The fraction of sp³-hybridized carbons (Fsp3) is 0. The molecule has 5 heteroatoms. The molecule has 290 valence electrons. The SMILES string of the molecule is c1ccc(-c2cc(-c3ccccc3)cc(-c3ccc(-c4nc(-n5c6ccccc6c6ccccc65)nc(-n5c6ccccc6c6ccc(-c7ccccc7)cc65)n4)cc3)c2)cc1. The van der Waals surface area contributed by atoms with Crippen LogP contribution >= 0.6 is 0 Å². The maximum absolute atomic E-state index is 5.39. The minimum Gasteiger partial charge on any atom is -0.278 e. The first-order valence-corrected chi connectivity index (χ1v) is 20.9. The number of hydrogen-bond acceptors (Lipinski definition) is 3. The standard InChI is InChI=1S/C57H37N5/c1-4-16-38(17-5-1)43-32-33-50-49-24-12-15-27-53(49)62(54(50)37-43)57-59-55(58-56(60-57)61-51-25-13-10-22-47(51)48-23-11-14-26-52(48)61)42-30-28-41(29-31-42)46-35-44(39-18-6-2-7-19-39)34-45(36-46)40-20-8-3-9-21-40/h1-37H. The van der Waals surface area contributed by atoms with Crippen LogP contribution in [0.25, 0.3) is 111 Å². The molecule has 0 atom stereocenters. The summed E-state index contributed by atoms with van der Waals surface area (Å²) in [5.74, 6) is 1.70. The van der Waals surface area contributed by atoms with Crippen molar-refractivity contribution in [3.8, 4) is 67.8 Å². The Labute approximate surface area is 358 Å². The lowest BCUT2D eigenvalue weighted by atomic mass is 9.93. The molecule has 0 aliphatic carbocycles. The molecule has 0 fully saturated rings. The summed E-state index contributed by atoms with van der Waals surface area (Å²) in [5, 5.41) is 4.57. The summed E-state index contributed by atoms with van der Waals surface area (Å²) in [4.78, 5) is 16.1. The predicted molar refractivity (Wildman–Crippen MR) is 256 cm³/mol. The molecule has 0 saturated carbocycles. The van der Waals surface area contributed by atoms with Gasteiger partial charge in [-0.05, 0) is 87.0 Å². The van der Waals surface area contributed by atoms with E-state index < -0.39 is 0 Å². The maximum atomic E-state index is 5.39. The molecule has 3 aromatic heterocycles. The van der Waals surface area contributed by atoms with Crippen molar-refractivity contribution in [2.24, 2.45) is 0 Å². The lowest BCUT2D eigenvalue weighted by molar-refractivity contribution is 0.893. The smallest absolute Gasteiger partial charge is 0.240 e. The summed E-state index contributed by atoms with van der Waals surface area (Å²) in [6.45, 7) is 0. The van der Waals surface area contributed by atoms with E-state index in [1.54, 1.807) is 0 Å². The highest BCUT2D eigenvalue weighted by Gasteiger charge is 2.21. The highest BCUT2D eigenvalue weighted by molar-refractivity contribution is 6.10. The fourth-order valence-corrected chi connectivity index (χ4v) is 9.02. The van der Waals surface area contributed by atoms with Crippen molar-refractivity contribution in [2.75, 3.05) is 0 Å². The monoisotopic (exact) mass is 791 g/mol. The van der Waals surface area contributed by atoms with E-state index in [0.717, 1.165) is 71.4 Å². The molecule has 0 aliphatic heterocycles. The van der Waals surface area contributed by atoms with Gasteiger partial charge in [0.25, 0.3) is 0 Å². The maximum Gasteiger partial charge on any atom is 0.240 e. The van der Waals surface area contributed by atoms with Crippen molar-refractivity contribution in [3.63, 3.8) is 0 Å². The molecular weight excluding hydrogens is 755 g/mol. The molecule has 12 aromatic rings. The van der Waals surface area contributed by atoms with Gasteiger partial charge in [-0.3, -0.25) is 9.13 Å². The zero-order valence-electron chi connectivity index (χ0n) is 33.6. The Kier molecular flexibility index (Phi) is 8.42. The zero-order chi connectivity index (χ0) is 41.0. The second kappa shape index (κ2) is 14.7. The zero-order valence-corrected chi connectivity index (χ0v) is 33.6. The van der Waals surface area contributed by atoms with Gasteiger partial charge in [-0.1, -0.05) is 182 Å². The van der Waals surface area contributed by atoms with E-state index in [1.807, 2.05) is 0 Å². The number of aromatic nitrogens is 5. The van der Waals surface area contributed by atoms with Crippen LogP contribution in [0.5, 0.6) is 0 Å². The van der Waals surface area contributed by atoms with Gasteiger partial charge < -0.3 is 0 Å². The van der Waals surface area contributed by atoms with Crippen LogP contribution in [0.3, 0.4) is 0 Å². The molecular formula is C57H37N5. The van der Waals surface area contributed by atoms with Gasteiger partial charge in [-0.15, -0.1) is 0 Å². The predicted octanol–water partition coefficient (Wildman–Crippen LogP) is 14.4. The molecule has 0 bridgehead atoms. The summed E-state index contributed by atoms with van der Waals surface area (Å²) in [7, 11) is 0. The molecule has 0 radical (unpaired) electrons. The lowest BCUT2D eigenvalue weighted by Gasteiger charge is -2.14. The molecule has 0 spiro atoms. The summed E-state index contributed by atoms with van der Waals surface area (Å²) in [5.41, 5.74) is 14.3. The van der Waals surface area contributed by atoms with E-state index in [1.165, 1.54) is 22.3 Å². The normalized spacial score (nSPS) is 11.5. The molecule has 62 heavy (non-hydrogen) atoms. The van der Waals surface area contributed by atoms with Gasteiger partial charge in [0, 0.05) is 27.1 Å². The number of fused-ring (bicyclic) bond motifs is 6. The van der Waals surface area contributed by atoms with Crippen molar-refractivity contribution >= 4 is 43.6 Å². The van der Waals surface area contributed by atoms with Gasteiger partial charge in [0.1, 0.15) is 0 Å². The Bertz CT molecular complexity index is 3500. The van der Waals surface area contributed by atoms with Crippen LogP contribution < -0.4 is 0 Å². The molecule has 0 saturated heterocycles. The second-order valence-electron chi connectivity index (χ2n) is 15.7. The molecule has 0 amide bonds. The fourth-order valence-electron chi connectivity index (χ4n) is 9.02. The first kappa shape index (κ1) is 35.5. The van der Waals surface area contributed by atoms with Crippen LogP contribution in [0.4, 0.5) is 0 Å². The van der Waals surface area contributed by atoms with E-state index in [-0.39, 0.29) is 0 Å². The Hall–Kier alpha value is -8.41. The highest BCUT2D eigenvalue weighted by Crippen LogP contribution is 2.37. The quantitative estimate of drug-likeness (QED) is 0.162. The van der Waals surface area contributed by atoms with Gasteiger partial charge in [0.15, 0.2) is 5.82 Å². The van der Waals surface area contributed by atoms with E-state index >= 15 is 0 Å². The minimum absolute atomic E-state index is 0.551. The van der Waals surface area contributed by atoms with Crippen LogP contribution in [0.15, 0.2) is 224 Å². The number of para-hydroxylation sites is 3. The third kappa shape index (κ3) is 6.06. The second-order valence-corrected chi connectivity index (χ2v) is 15.7. The first-order chi connectivity index (χ1) is 30.7. The Balaban J connectivity index is 1.07. The average Bonchev–Trinajstić information content (AvgIpc) is 3.87. The largest absolute Gasteiger partial charge is 0.278 e. The third-order valence-electron chi connectivity index (χ3n) is 12.0. The van der Waals surface area contributed by atoms with Crippen LogP contribution in [0, 0.1) is 0 Å². The number of hydrogen-bond donors (Lipinski definition) is 0. The topological polar surface area (TPSA) is 48.5 Å². The van der Waals surface area contributed by atoms with Crippen molar-refractivity contribution in [3.05, 3.63) is 224 Å². The summed E-state index contributed by atoms with van der Waals surface area (Å²) < 4.78 is 4.38. The molecule has 0 aliphatic rings. The molecule has 0 unspecified atom stereocenters. The van der Waals surface area contributed by atoms with Crippen LogP contribution in [0.1, 0.15) is 0 Å². The van der Waals surface area contributed by atoms with Crippen LogP contribution in [-0.2, 0) is 0 Å². The first-order valence-electron chi connectivity index (χ1n) is 20.9. The number of rotatable bonds is 7. The third-order valence-corrected chi connectivity index (χ3v) is 12.0. The van der Waals surface area contributed by atoms with Gasteiger partial charge in [0.05, 0.1) is 22.1 Å². The minimum atomic E-state index is 0.551. The van der Waals surface area contributed by atoms with Gasteiger partial charge in [-0.25, -0.2) is 0 Å². The summed E-state index contributed by atoms with van der Waals surface area (Å²) in [6, 6.07) is 79.4. The Morgan fingerprint density at radius 1 is 0.226 bits per heavy atom. The molecule has 0 N–H and O–H groups in total. The van der Waals surface area contributed by atoms with E-state index in [2.05, 4.69) is 234 Å². The van der Waals surface area contributed by atoms with Crippen LogP contribution in [-0.4, -0.2) is 24.1 Å². The van der Waals surface area contributed by atoms with Crippen molar-refractivity contribution < 1.29 is 0 Å². The van der Waals surface area contributed by atoms with Gasteiger partial charge in [0.2, 0.25) is 11.9 Å². The average molecular weight is 792 g/mol. The van der Waals surface area contributed by atoms with Gasteiger partial charge in [-0.2, -0.15) is 15.0 Å². The lowest BCUT2D eigenvalue weighted by Crippen LogP contribution is -2.10. The van der Waals surface area contributed by atoms with E-state index in [0.29, 0.717) is 17.7 Å². The van der Waals surface area contributed by atoms with Gasteiger partial charge >= 0.3 is 0 Å². The van der Waals surface area contributed by atoms with E-state index in [9.17, 15) is 0 Å². The number of nitrogens with zero attached hydrogens (tertiary/aromatic N) is 5. The van der Waals surface area contributed by atoms with Crippen molar-refractivity contribution in [1.29, 1.82) is 0 Å². The molecule has 12 rings (SSSR count). The Morgan fingerprint density at radius 2 is 0.565 bits per heavy atom. The van der Waals surface area contributed by atoms with Crippen LogP contribution in [0.2, 0.25) is 0 Å². The Morgan fingerprint density at radius 3 is 1.03 bits per heavy atom.